The second-order valence-corrected chi connectivity index (χ2v) is 12.1. The van der Waals surface area contributed by atoms with Gasteiger partial charge in [-0.3, -0.25) is 0 Å². The normalized spacial score (nSPS) is 12.6. The maximum atomic E-state index is 9.94. The maximum absolute atomic E-state index is 9.94. The molecule has 0 saturated heterocycles. The van der Waals surface area contributed by atoms with Crippen molar-refractivity contribution in [3.8, 4) is 12.1 Å². The Morgan fingerprint density at radius 1 is 0.511 bits per heavy atom. The predicted molar refractivity (Wildman–Crippen MR) is 187 cm³/mol. The summed E-state index contributed by atoms with van der Waals surface area (Å²) in [5, 5.41) is 23.4. The fourth-order valence-corrected chi connectivity index (χ4v) is 6.63. The van der Waals surface area contributed by atoms with Gasteiger partial charge in [0, 0.05) is 27.8 Å². The van der Waals surface area contributed by atoms with Gasteiger partial charge in [-0.25, -0.2) is 0 Å². The van der Waals surface area contributed by atoms with Crippen LogP contribution in [0.15, 0.2) is 103 Å². The Bertz CT molecular complexity index is 2190. The van der Waals surface area contributed by atoms with Gasteiger partial charge in [0.25, 0.3) is 0 Å². The molecule has 1 aliphatic rings. The van der Waals surface area contributed by atoms with Gasteiger partial charge in [0.05, 0.1) is 11.1 Å². The van der Waals surface area contributed by atoms with Crippen LogP contribution in [0.1, 0.15) is 57.3 Å². The minimum atomic E-state index is 0.437. The largest absolute Gasteiger partial charge is 0.310 e. The number of nitriles is 2. The van der Waals surface area contributed by atoms with Crippen molar-refractivity contribution in [1.29, 1.82) is 10.5 Å². The standard InChI is InChI=1S/C42H33N3/c1-28-7-16-34(17-8-28)45(36-20-15-32-5-3-4-6-33(32)25-36)35-18-12-30(13-19-35)10-11-31-14-22-38-40(24-31)39-23-29(2)9-21-37(39)41(26-43)42(38)27-44/h7-25H,3-6H2,1-2H3/b11-10-. The van der Waals surface area contributed by atoms with E-state index in [4.69, 9.17) is 0 Å². The molecule has 45 heavy (non-hydrogen) atoms. The van der Waals surface area contributed by atoms with Gasteiger partial charge in [-0.1, -0.05) is 83.9 Å². The Labute approximate surface area is 264 Å². The van der Waals surface area contributed by atoms with Gasteiger partial charge in [-0.05, 0) is 115 Å². The molecule has 0 heterocycles. The van der Waals surface area contributed by atoms with Crippen LogP contribution >= 0.6 is 0 Å². The number of anilines is 3. The Balaban J connectivity index is 1.24. The molecule has 0 atom stereocenters. The van der Waals surface area contributed by atoms with E-state index in [9.17, 15) is 10.5 Å². The number of nitrogens with zero attached hydrogens (tertiary/aromatic N) is 3. The first-order valence-corrected chi connectivity index (χ1v) is 15.6. The lowest BCUT2D eigenvalue weighted by molar-refractivity contribution is 0.685. The zero-order chi connectivity index (χ0) is 30.9. The molecule has 0 aliphatic heterocycles. The molecular formula is C42H33N3. The third kappa shape index (κ3) is 5.35. The summed E-state index contributed by atoms with van der Waals surface area (Å²) in [6, 6.07) is 41.1. The van der Waals surface area contributed by atoms with E-state index in [0.29, 0.717) is 11.1 Å². The third-order valence-electron chi connectivity index (χ3n) is 9.02. The Hall–Kier alpha value is -5.64. The number of fused-ring (bicyclic) bond motifs is 4. The first-order chi connectivity index (χ1) is 22.0. The molecule has 0 fully saturated rings. The van der Waals surface area contributed by atoms with E-state index in [1.165, 1.54) is 41.6 Å². The van der Waals surface area contributed by atoms with Crippen molar-refractivity contribution < 1.29 is 0 Å². The molecule has 0 bridgehead atoms. The van der Waals surface area contributed by atoms with E-state index in [1.807, 2.05) is 24.3 Å². The molecule has 7 rings (SSSR count). The molecule has 6 aromatic rings. The van der Waals surface area contributed by atoms with Crippen LogP contribution in [0.5, 0.6) is 0 Å². The van der Waals surface area contributed by atoms with E-state index in [0.717, 1.165) is 56.0 Å². The van der Waals surface area contributed by atoms with Crippen molar-refractivity contribution in [3.05, 3.63) is 148 Å². The van der Waals surface area contributed by atoms with Crippen LogP contribution in [-0.4, -0.2) is 0 Å². The first kappa shape index (κ1) is 28.1. The zero-order valence-corrected chi connectivity index (χ0v) is 25.6. The van der Waals surface area contributed by atoms with Crippen molar-refractivity contribution in [2.24, 2.45) is 0 Å². The van der Waals surface area contributed by atoms with Crippen LogP contribution in [0.4, 0.5) is 17.1 Å². The van der Waals surface area contributed by atoms with Gasteiger partial charge in [-0.2, -0.15) is 10.5 Å². The van der Waals surface area contributed by atoms with E-state index in [2.05, 4.69) is 122 Å². The van der Waals surface area contributed by atoms with Crippen molar-refractivity contribution in [2.45, 2.75) is 39.5 Å². The van der Waals surface area contributed by atoms with Crippen molar-refractivity contribution in [2.75, 3.05) is 4.90 Å². The molecule has 0 amide bonds. The molecule has 6 aromatic carbocycles. The summed E-state index contributed by atoms with van der Waals surface area (Å²) < 4.78 is 0. The van der Waals surface area contributed by atoms with E-state index in [-0.39, 0.29) is 0 Å². The van der Waals surface area contributed by atoms with Crippen molar-refractivity contribution in [3.63, 3.8) is 0 Å². The number of hydrogen-bond acceptors (Lipinski definition) is 3. The van der Waals surface area contributed by atoms with Crippen LogP contribution in [0, 0.1) is 36.5 Å². The van der Waals surface area contributed by atoms with E-state index in [1.54, 1.807) is 0 Å². The lowest BCUT2D eigenvalue weighted by Gasteiger charge is -2.27. The highest BCUT2D eigenvalue weighted by molar-refractivity contribution is 6.13. The van der Waals surface area contributed by atoms with Crippen LogP contribution in [0.25, 0.3) is 33.7 Å². The number of rotatable bonds is 5. The Morgan fingerprint density at radius 3 is 1.73 bits per heavy atom. The Kier molecular flexibility index (Phi) is 7.38. The number of aryl methyl sites for hydroxylation is 4. The quantitative estimate of drug-likeness (QED) is 0.151. The first-order valence-electron chi connectivity index (χ1n) is 15.6. The highest BCUT2D eigenvalue weighted by atomic mass is 15.1. The molecule has 216 valence electrons. The van der Waals surface area contributed by atoms with Gasteiger partial charge in [0.15, 0.2) is 0 Å². The molecule has 0 saturated carbocycles. The SMILES string of the molecule is Cc1ccc(N(c2ccc(/C=C\c3ccc4c(C#N)c(C#N)c5ccc(C)cc5c4c3)cc2)c2ccc3c(c2)CCCC3)cc1. The molecule has 0 aromatic heterocycles. The number of benzene rings is 6. The van der Waals surface area contributed by atoms with Crippen LogP contribution in [0.3, 0.4) is 0 Å². The maximum Gasteiger partial charge on any atom is 0.101 e. The van der Waals surface area contributed by atoms with Gasteiger partial charge >= 0.3 is 0 Å². The van der Waals surface area contributed by atoms with Crippen molar-refractivity contribution >= 4 is 50.8 Å². The minimum Gasteiger partial charge on any atom is -0.310 e. The lowest BCUT2D eigenvalue weighted by Crippen LogP contribution is -2.12. The summed E-state index contributed by atoms with van der Waals surface area (Å²) in [6.45, 7) is 4.17. The smallest absolute Gasteiger partial charge is 0.101 e. The third-order valence-corrected chi connectivity index (χ3v) is 9.02. The van der Waals surface area contributed by atoms with Gasteiger partial charge in [0.1, 0.15) is 12.1 Å². The molecule has 3 nitrogen and oxygen atoms in total. The molecule has 3 heteroatoms. The average molecular weight is 580 g/mol. The average Bonchev–Trinajstić information content (AvgIpc) is 3.08. The summed E-state index contributed by atoms with van der Waals surface area (Å²) in [4.78, 5) is 2.35. The van der Waals surface area contributed by atoms with E-state index >= 15 is 0 Å². The van der Waals surface area contributed by atoms with Crippen LogP contribution in [-0.2, 0) is 12.8 Å². The van der Waals surface area contributed by atoms with E-state index < -0.39 is 0 Å². The number of hydrogen-bond donors (Lipinski definition) is 0. The summed E-state index contributed by atoms with van der Waals surface area (Å²) >= 11 is 0. The fourth-order valence-electron chi connectivity index (χ4n) is 6.63. The summed E-state index contributed by atoms with van der Waals surface area (Å²) in [6.07, 6.45) is 9.10. The summed E-state index contributed by atoms with van der Waals surface area (Å²) in [5.74, 6) is 0. The molecular weight excluding hydrogens is 546 g/mol. The fraction of sp³-hybridized carbons (Fsp3) is 0.143. The zero-order valence-electron chi connectivity index (χ0n) is 25.6. The van der Waals surface area contributed by atoms with Gasteiger partial charge in [-0.15, -0.1) is 0 Å². The molecule has 0 N–H and O–H groups in total. The Morgan fingerprint density at radius 2 is 1.04 bits per heavy atom. The topological polar surface area (TPSA) is 50.8 Å². The van der Waals surface area contributed by atoms with Crippen LogP contribution < -0.4 is 4.90 Å². The second-order valence-electron chi connectivity index (χ2n) is 12.1. The van der Waals surface area contributed by atoms with Crippen LogP contribution in [0.2, 0.25) is 0 Å². The molecule has 1 aliphatic carbocycles. The monoisotopic (exact) mass is 579 g/mol. The molecule has 0 radical (unpaired) electrons. The summed E-state index contributed by atoms with van der Waals surface area (Å²) in [7, 11) is 0. The summed E-state index contributed by atoms with van der Waals surface area (Å²) in [5.41, 5.74) is 11.8. The predicted octanol–water partition coefficient (Wildman–Crippen LogP) is 10.9. The molecule has 0 spiro atoms. The second kappa shape index (κ2) is 11.8. The van der Waals surface area contributed by atoms with Gasteiger partial charge < -0.3 is 4.90 Å². The van der Waals surface area contributed by atoms with Crippen molar-refractivity contribution in [1.82, 2.24) is 0 Å². The highest BCUT2D eigenvalue weighted by Gasteiger charge is 2.17. The lowest BCUT2D eigenvalue weighted by atomic mass is 9.91. The van der Waals surface area contributed by atoms with Gasteiger partial charge in [0.2, 0.25) is 0 Å². The minimum absolute atomic E-state index is 0.437. The highest BCUT2D eigenvalue weighted by Crippen LogP contribution is 2.38. The molecule has 0 unspecified atom stereocenters.